The highest BCUT2D eigenvalue weighted by atomic mass is 32.2. The zero-order valence-electron chi connectivity index (χ0n) is 13.5. The molecule has 0 saturated heterocycles. The first kappa shape index (κ1) is 17.6. The molecule has 20 heavy (non-hydrogen) atoms. The lowest BCUT2D eigenvalue weighted by atomic mass is 9.91. The van der Waals surface area contributed by atoms with Gasteiger partial charge in [-0.15, -0.1) is 0 Å². The molecule has 1 saturated carbocycles. The van der Waals surface area contributed by atoms with Crippen LogP contribution in [-0.4, -0.2) is 41.8 Å². The maximum absolute atomic E-state index is 11.7. The van der Waals surface area contributed by atoms with Crippen molar-refractivity contribution in [3.8, 4) is 0 Å². The first-order valence-electron chi connectivity index (χ1n) is 7.54. The molecule has 1 unspecified atom stereocenters. The Kier molecular flexibility index (Phi) is 7.17. The Hall–Kier alpha value is -0.420. The lowest BCUT2D eigenvalue weighted by Crippen LogP contribution is -2.46. The minimum absolute atomic E-state index is 0.263. The van der Waals surface area contributed by atoms with Gasteiger partial charge in [-0.25, -0.2) is 4.79 Å². The number of thioether (sulfide) groups is 1. The number of nitrogens with one attached hydrogen (secondary N) is 2. The van der Waals surface area contributed by atoms with E-state index in [0.29, 0.717) is 12.1 Å². The lowest BCUT2D eigenvalue weighted by molar-refractivity contribution is 0.0489. The van der Waals surface area contributed by atoms with E-state index in [2.05, 4.69) is 23.8 Å². The minimum atomic E-state index is -0.421. The van der Waals surface area contributed by atoms with Crippen LogP contribution in [0.4, 0.5) is 4.79 Å². The molecule has 0 spiro atoms. The smallest absolute Gasteiger partial charge is 0.407 e. The summed E-state index contributed by atoms with van der Waals surface area (Å²) in [6.45, 7) is 7.91. The van der Waals surface area contributed by atoms with Gasteiger partial charge in [0.2, 0.25) is 0 Å². The third-order valence-corrected chi connectivity index (χ3v) is 4.22. The molecule has 118 valence electrons. The Morgan fingerprint density at radius 3 is 2.30 bits per heavy atom. The van der Waals surface area contributed by atoms with Crippen LogP contribution in [0.5, 0.6) is 0 Å². The Morgan fingerprint density at radius 2 is 1.80 bits per heavy atom. The van der Waals surface area contributed by atoms with Crippen molar-refractivity contribution in [2.24, 2.45) is 0 Å². The Morgan fingerprint density at radius 1 is 1.25 bits per heavy atom. The summed E-state index contributed by atoms with van der Waals surface area (Å²) in [6.07, 6.45) is 6.16. The van der Waals surface area contributed by atoms with Gasteiger partial charge in [-0.3, -0.25) is 0 Å². The Labute approximate surface area is 127 Å². The van der Waals surface area contributed by atoms with Gasteiger partial charge in [-0.05, 0) is 59.6 Å². The van der Waals surface area contributed by atoms with E-state index in [0.717, 1.165) is 31.4 Å². The summed E-state index contributed by atoms with van der Waals surface area (Å²) in [5, 5.41) is 6.65. The number of hydrogen-bond acceptors (Lipinski definition) is 4. The molecule has 1 aliphatic carbocycles. The Balaban J connectivity index is 2.23. The number of carbonyl (C=O) groups excluding carboxylic acids is 1. The zero-order chi connectivity index (χ0) is 15.2. The molecule has 1 fully saturated rings. The van der Waals surface area contributed by atoms with Crippen LogP contribution in [0.3, 0.4) is 0 Å². The fourth-order valence-corrected chi connectivity index (χ4v) is 3.18. The summed E-state index contributed by atoms with van der Waals surface area (Å²) in [6, 6.07) is 1.41. The van der Waals surface area contributed by atoms with Crippen molar-refractivity contribution in [1.29, 1.82) is 0 Å². The van der Waals surface area contributed by atoms with E-state index < -0.39 is 5.60 Å². The van der Waals surface area contributed by atoms with E-state index in [1.165, 1.54) is 0 Å². The highest BCUT2D eigenvalue weighted by molar-refractivity contribution is 7.98. The Bertz CT molecular complexity index is 297. The van der Waals surface area contributed by atoms with Crippen molar-refractivity contribution in [3.05, 3.63) is 0 Å². The average molecular weight is 302 g/mol. The topological polar surface area (TPSA) is 50.4 Å². The second kappa shape index (κ2) is 8.13. The van der Waals surface area contributed by atoms with Crippen LogP contribution in [0.25, 0.3) is 0 Å². The first-order chi connectivity index (χ1) is 9.30. The SMILES string of the molecule is CSCC(C)NC1CCC(NC(=O)OC(C)(C)C)CC1. The van der Waals surface area contributed by atoms with Crippen molar-refractivity contribution in [1.82, 2.24) is 10.6 Å². The summed E-state index contributed by atoms with van der Waals surface area (Å²) in [5.41, 5.74) is -0.421. The number of amides is 1. The molecule has 0 bridgehead atoms. The van der Waals surface area contributed by atoms with Crippen LogP contribution >= 0.6 is 11.8 Å². The molecular formula is C15H30N2O2S. The molecule has 0 radical (unpaired) electrons. The molecule has 1 aliphatic rings. The van der Waals surface area contributed by atoms with Gasteiger partial charge in [0.15, 0.2) is 0 Å². The van der Waals surface area contributed by atoms with Gasteiger partial charge in [0.1, 0.15) is 5.60 Å². The number of carbonyl (C=O) groups is 1. The van der Waals surface area contributed by atoms with Crippen molar-refractivity contribution < 1.29 is 9.53 Å². The average Bonchev–Trinajstić information content (AvgIpc) is 2.29. The fourth-order valence-electron chi connectivity index (χ4n) is 2.58. The predicted octanol–water partition coefficient (Wildman–Crippen LogP) is 3.16. The van der Waals surface area contributed by atoms with E-state index in [1.54, 1.807) is 0 Å². The predicted molar refractivity (Wildman–Crippen MR) is 86.4 cm³/mol. The van der Waals surface area contributed by atoms with E-state index >= 15 is 0 Å². The largest absolute Gasteiger partial charge is 0.444 e. The molecule has 4 nitrogen and oxygen atoms in total. The maximum atomic E-state index is 11.7. The quantitative estimate of drug-likeness (QED) is 0.819. The number of ether oxygens (including phenoxy) is 1. The normalized spacial score (nSPS) is 25.1. The summed E-state index contributed by atoms with van der Waals surface area (Å²) in [7, 11) is 0. The summed E-state index contributed by atoms with van der Waals surface area (Å²) >= 11 is 1.88. The third kappa shape index (κ3) is 7.39. The second-order valence-corrected chi connectivity index (χ2v) is 7.63. The molecule has 1 rings (SSSR count). The molecule has 1 atom stereocenters. The van der Waals surface area contributed by atoms with Crippen molar-refractivity contribution in [2.75, 3.05) is 12.0 Å². The fraction of sp³-hybridized carbons (Fsp3) is 0.933. The van der Waals surface area contributed by atoms with Gasteiger partial charge >= 0.3 is 6.09 Å². The highest BCUT2D eigenvalue weighted by Gasteiger charge is 2.25. The van der Waals surface area contributed by atoms with Gasteiger partial charge < -0.3 is 15.4 Å². The van der Waals surface area contributed by atoms with Gasteiger partial charge in [-0.1, -0.05) is 0 Å². The first-order valence-corrected chi connectivity index (χ1v) is 8.94. The van der Waals surface area contributed by atoms with Crippen molar-refractivity contribution in [3.63, 3.8) is 0 Å². The van der Waals surface area contributed by atoms with Gasteiger partial charge in [0.05, 0.1) is 0 Å². The molecule has 2 N–H and O–H groups in total. The molecule has 0 heterocycles. The third-order valence-electron chi connectivity index (χ3n) is 3.38. The lowest BCUT2D eigenvalue weighted by Gasteiger charge is -2.32. The highest BCUT2D eigenvalue weighted by Crippen LogP contribution is 2.20. The summed E-state index contributed by atoms with van der Waals surface area (Å²) in [5.74, 6) is 1.15. The molecule has 0 aliphatic heterocycles. The van der Waals surface area contributed by atoms with Crippen LogP contribution < -0.4 is 10.6 Å². The molecule has 0 aromatic heterocycles. The zero-order valence-corrected chi connectivity index (χ0v) is 14.3. The van der Waals surface area contributed by atoms with E-state index in [4.69, 9.17) is 4.74 Å². The number of alkyl carbamates (subject to hydrolysis) is 1. The molecule has 1 amide bonds. The number of hydrogen-bond donors (Lipinski definition) is 2. The van der Waals surface area contributed by atoms with Gasteiger partial charge in [0, 0.05) is 23.9 Å². The minimum Gasteiger partial charge on any atom is -0.444 e. The van der Waals surface area contributed by atoms with E-state index in [-0.39, 0.29) is 12.1 Å². The number of rotatable bonds is 5. The van der Waals surface area contributed by atoms with E-state index in [1.807, 2.05) is 32.5 Å². The summed E-state index contributed by atoms with van der Waals surface area (Å²) < 4.78 is 5.30. The van der Waals surface area contributed by atoms with Crippen LogP contribution in [-0.2, 0) is 4.74 Å². The van der Waals surface area contributed by atoms with Crippen LogP contribution in [0.2, 0.25) is 0 Å². The standard InChI is InChI=1S/C15H30N2O2S/c1-11(10-20-5)16-12-6-8-13(9-7-12)17-14(18)19-15(2,3)4/h11-13,16H,6-10H2,1-5H3,(H,17,18). The molecule has 0 aromatic rings. The second-order valence-electron chi connectivity index (χ2n) is 6.72. The monoisotopic (exact) mass is 302 g/mol. The molecular weight excluding hydrogens is 272 g/mol. The maximum Gasteiger partial charge on any atom is 0.407 e. The summed E-state index contributed by atoms with van der Waals surface area (Å²) in [4.78, 5) is 11.7. The van der Waals surface area contributed by atoms with E-state index in [9.17, 15) is 4.79 Å². The van der Waals surface area contributed by atoms with Crippen LogP contribution in [0.15, 0.2) is 0 Å². The van der Waals surface area contributed by atoms with Crippen molar-refractivity contribution >= 4 is 17.9 Å². The molecule has 5 heteroatoms. The van der Waals surface area contributed by atoms with Crippen molar-refractivity contribution in [2.45, 2.75) is 77.1 Å². The molecule has 0 aromatic carbocycles. The van der Waals surface area contributed by atoms with Gasteiger partial charge in [-0.2, -0.15) is 11.8 Å². The van der Waals surface area contributed by atoms with Crippen LogP contribution in [0.1, 0.15) is 53.4 Å². The van der Waals surface area contributed by atoms with Gasteiger partial charge in [0.25, 0.3) is 0 Å². The van der Waals surface area contributed by atoms with Crippen LogP contribution in [0, 0.1) is 0 Å².